The average molecular weight is 861 g/mol. The van der Waals surface area contributed by atoms with Crippen molar-refractivity contribution >= 4 is 74.0 Å². The molecule has 0 saturated heterocycles. The minimum Gasteiger partial charge on any atom is -0.459 e. The summed E-state index contributed by atoms with van der Waals surface area (Å²) < 4.78 is 118. The van der Waals surface area contributed by atoms with E-state index in [9.17, 15) is 4.79 Å². The van der Waals surface area contributed by atoms with Crippen LogP contribution in [-0.2, 0) is 18.9 Å². The summed E-state index contributed by atoms with van der Waals surface area (Å²) in [7, 11) is 1.57. The van der Waals surface area contributed by atoms with E-state index in [0.717, 1.165) is 34.0 Å². The average Bonchev–Trinajstić information content (AvgIpc) is 3.98. The number of hydrogen-bond acceptors (Lipinski definition) is 11. The van der Waals surface area contributed by atoms with Crippen molar-refractivity contribution < 1.29 is 50.1 Å². The van der Waals surface area contributed by atoms with Crippen molar-refractivity contribution in [2.75, 3.05) is 46.8 Å². The van der Waals surface area contributed by atoms with Gasteiger partial charge in [0.1, 0.15) is 11.5 Å². The van der Waals surface area contributed by atoms with E-state index in [-0.39, 0.29) is 39.0 Å². The van der Waals surface area contributed by atoms with E-state index in [1.165, 1.54) is 52.2 Å². The van der Waals surface area contributed by atoms with E-state index in [1.807, 2.05) is 0 Å². The second kappa shape index (κ2) is 16.3. The summed E-state index contributed by atoms with van der Waals surface area (Å²) in [6, 6.07) is 16.0. The predicted molar refractivity (Wildman–Crippen MR) is 206 cm³/mol. The van der Waals surface area contributed by atoms with Gasteiger partial charge in [-0.2, -0.15) is 26.3 Å². The largest absolute Gasteiger partial charge is 0.459 e. The van der Waals surface area contributed by atoms with Gasteiger partial charge in [0.2, 0.25) is 0 Å². The number of hydrogen-bond donors (Lipinski definition) is 0. The number of halogens is 6. The van der Waals surface area contributed by atoms with Crippen LogP contribution in [0.25, 0.3) is 39.0 Å². The lowest BCUT2D eigenvalue weighted by atomic mass is 9.81. The Labute approximate surface area is 330 Å². The standard InChI is InChI=1S/C37H30F6O5S6/c1-45-10-11-46-12-13-47-14-15-48-34(44)27-9-8-24(52-27)29-20-22(33(54-29)26-7-4-18-51-26)31-30(35(38,39)37(42,43)36(31,40)41)21-19-28(23-5-2-16-49-23)53-32(21)25-6-3-17-50-25/h2-9,16-20,30-31H,10-15H2,1H3. The van der Waals surface area contributed by atoms with Gasteiger partial charge in [-0.3, -0.25) is 0 Å². The molecule has 2 unspecified atom stereocenters. The van der Waals surface area contributed by atoms with Crippen molar-refractivity contribution in [2.24, 2.45) is 0 Å². The molecule has 5 nitrogen and oxygen atoms in total. The second-order valence-corrected chi connectivity index (χ2v) is 18.0. The third-order valence-electron chi connectivity index (χ3n) is 8.71. The van der Waals surface area contributed by atoms with E-state index in [1.54, 1.807) is 65.7 Å². The summed E-state index contributed by atoms with van der Waals surface area (Å²) in [5.41, 5.74) is -0.544. The van der Waals surface area contributed by atoms with Crippen LogP contribution in [-0.4, -0.2) is 70.5 Å². The Balaban J connectivity index is 1.23. The van der Waals surface area contributed by atoms with Gasteiger partial charge in [-0.25, -0.2) is 4.79 Å². The molecular formula is C37H30F6O5S6. The Hall–Kier alpha value is -2.87. The topological polar surface area (TPSA) is 54.0 Å². The monoisotopic (exact) mass is 860 g/mol. The van der Waals surface area contributed by atoms with Crippen LogP contribution in [0.5, 0.6) is 0 Å². The Morgan fingerprint density at radius 1 is 0.593 bits per heavy atom. The number of carbonyl (C=O) groups excluding carboxylic acids is 1. The summed E-state index contributed by atoms with van der Waals surface area (Å²) in [6.45, 7) is 1.65. The molecule has 0 radical (unpaired) electrons. The minimum absolute atomic E-state index is 0.0272. The quantitative estimate of drug-likeness (QED) is 0.0551. The molecule has 1 saturated carbocycles. The van der Waals surface area contributed by atoms with Crippen LogP contribution in [0.15, 0.2) is 76.8 Å². The molecule has 0 spiro atoms. The molecule has 0 N–H and O–H groups in total. The van der Waals surface area contributed by atoms with Gasteiger partial charge < -0.3 is 18.9 Å². The normalized spacial score (nSPS) is 18.7. The van der Waals surface area contributed by atoms with Gasteiger partial charge in [0.25, 0.3) is 0 Å². The maximum Gasteiger partial charge on any atom is 0.373 e. The van der Waals surface area contributed by atoms with Gasteiger partial charge in [0.15, 0.2) is 0 Å². The molecule has 1 fully saturated rings. The lowest BCUT2D eigenvalue weighted by molar-refractivity contribution is -0.274. The minimum atomic E-state index is -5.66. The van der Waals surface area contributed by atoms with Crippen molar-refractivity contribution in [3.8, 4) is 39.0 Å². The molecule has 6 heterocycles. The first-order valence-corrected chi connectivity index (χ1v) is 21.5. The maximum atomic E-state index is 16.4. The highest BCUT2D eigenvalue weighted by atomic mass is 32.1. The van der Waals surface area contributed by atoms with Gasteiger partial charge >= 0.3 is 23.7 Å². The molecule has 6 aromatic heterocycles. The number of carbonyl (C=O) groups is 1. The van der Waals surface area contributed by atoms with Crippen LogP contribution in [0.4, 0.5) is 26.3 Å². The van der Waals surface area contributed by atoms with Crippen molar-refractivity contribution in [3.05, 3.63) is 92.8 Å². The van der Waals surface area contributed by atoms with Crippen LogP contribution in [0.3, 0.4) is 0 Å². The van der Waals surface area contributed by atoms with Crippen LogP contribution in [0.2, 0.25) is 0 Å². The summed E-state index contributed by atoms with van der Waals surface area (Å²) in [4.78, 5) is 16.6. The van der Waals surface area contributed by atoms with E-state index >= 15 is 26.3 Å². The van der Waals surface area contributed by atoms with Crippen LogP contribution >= 0.6 is 68.0 Å². The summed E-state index contributed by atoms with van der Waals surface area (Å²) in [5.74, 6) is -21.7. The fraction of sp³-hybridized carbons (Fsp3) is 0.324. The summed E-state index contributed by atoms with van der Waals surface area (Å²) >= 11 is 6.92. The highest BCUT2D eigenvalue weighted by Gasteiger charge is 2.85. The zero-order chi connectivity index (χ0) is 38.1. The summed E-state index contributed by atoms with van der Waals surface area (Å²) in [5, 5.41) is 5.21. The lowest BCUT2D eigenvalue weighted by Gasteiger charge is -2.25. The molecule has 7 rings (SSSR count). The van der Waals surface area contributed by atoms with Gasteiger partial charge in [0.05, 0.1) is 44.9 Å². The lowest BCUT2D eigenvalue weighted by Crippen LogP contribution is -2.48. The number of methoxy groups -OCH3 is 1. The number of esters is 1. The SMILES string of the molecule is COCCOCCOCCOC(=O)c1ccc(-c2cc(C3C(c4cc(-c5cccs5)sc4-c4cccs4)C(F)(F)C(F)(F)C3(F)F)c(-c3cccs3)s2)s1. The van der Waals surface area contributed by atoms with Crippen LogP contribution < -0.4 is 0 Å². The first kappa shape index (κ1) is 39.4. The smallest absolute Gasteiger partial charge is 0.373 e. The number of alkyl halides is 6. The fourth-order valence-corrected chi connectivity index (χ4v) is 12.2. The zero-order valence-corrected chi connectivity index (χ0v) is 33.1. The van der Waals surface area contributed by atoms with E-state index < -0.39 is 35.6 Å². The molecule has 2 atom stereocenters. The molecule has 0 aliphatic heterocycles. The van der Waals surface area contributed by atoms with Crippen molar-refractivity contribution in [3.63, 3.8) is 0 Å². The van der Waals surface area contributed by atoms with Gasteiger partial charge in [-0.1, -0.05) is 18.2 Å². The first-order chi connectivity index (χ1) is 26.0. The third-order valence-corrected chi connectivity index (χ3v) is 15.4. The molecule has 1 aliphatic carbocycles. The predicted octanol–water partition coefficient (Wildman–Crippen LogP) is 12.3. The van der Waals surface area contributed by atoms with Gasteiger partial charge in [-0.05, 0) is 69.7 Å². The summed E-state index contributed by atoms with van der Waals surface area (Å²) in [6.07, 6.45) is 0. The Kier molecular flexibility index (Phi) is 11.9. The molecular weight excluding hydrogens is 831 g/mol. The maximum absolute atomic E-state index is 16.4. The highest BCUT2D eigenvalue weighted by molar-refractivity contribution is 7.27. The molecule has 0 bridgehead atoms. The third kappa shape index (κ3) is 7.39. The molecule has 54 heavy (non-hydrogen) atoms. The number of rotatable bonds is 16. The fourth-order valence-electron chi connectivity index (χ4n) is 6.22. The first-order valence-electron chi connectivity index (χ1n) is 16.4. The Bertz CT molecular complexity index is 2140. The van der Waals surface area contributed by atoms with Crippen molar-refractivity contribution in [1.29, 1.82) is 0 Å². The van der Waals surface area contributed by atoms with Gasteiger partial charge in [-0.15, -0.1) is 68.0 Å². The molecule has 0 aromatic carbocycles. The van der Waals surface area contributed by atoms with E-state index in [4.69, 9.17) is 18.9 Å². The highest BCUT2D eigenvalue weighted by Crippen LogP contribution is 2.71. The zero-order valence-electron chi connectivity index (χ0n) is 28.2. The molecule has 17 heteroatoms. The number of thiophene rings is 6. The van der Waals surface area contributed by atoms with Gasteiger partial charge in [0, 0.05) is 46.1 Å². The Morgan fingerprint density at radius 3 is 1.57 bits per heavy atom. The van der Waals surface area contributed by atoms with Crippen LogP contribution in [0, 0.1) is 0 Å². The molecule has 6 aromatic rings. The van der Waals surface area contributed by atoms with E-state index in [0.29, 0.717) is 55.7 Å². The van der Waals surface area contributed by atoms with Crippen LogP contribution in [0.1, 0.15) is 32.6 Å². The van der Waals surface area contributed by atoms with E-state index in [2.05, 4.69) is 0 Å². The Morgan fingerprint density at radius 2 is 1.07 bits per heavy atom. The number of ether oxygens (including phenoxy) is 4. The van der Waals surface area contributed by atoms with Crippen molar-refractivity contribution in [2.45, 2.75) is 29.6 Å². The van der Waals surface area contributed by atoms with Crippen molar-refractivity contribution in [1.82, 2.24) is 0 Å². The molecule has 0 amide bonds. The molecule has 286 valence electrons. The molecule has 1 aliphatic rings. The second-order valence-electron chi connectivity index (χ2n) is 12.0.